The Balaban J connectivity index is 1.55. The van der Waals surface area contributed by atoms with E-state index in [2.05, 4.69) is 5.32 Å². The van der Waals surface area contributed by atoms with Crippen LogP contribution < -0.4 is 5.32 Å². The van der Waals surface area contributed by atoms with Crippen molar-refractivity contribution < 1.29 is 19.2 Å². The van der Waals surface area contributed by atoms with E-state index in [0.29, 0.717) is 11.1 Å². The molecule has 4 amide bonds. The smallest absolute Gasteiger partial charge is 0.260 e. The van der Waals surface area contributed by atoms with E-state index < -0.39 is 0 Å². The number of benzene rings is 2. The second kappa shape index (κ2) is 8.90. The minimum Gasteiger partial charge on any atom is -0.336 e. The first-order chi connectivity index (χ1) is 14.3. The van der Waals surface area contributed by atoms with E-state index in [1.54, 1.807) is 24.3 Å². The van der Waals surface area contributed by atoms with Crippen molar-refractivity contribution in [3.63, 3.8) is 0 Å². The van der Waals surface area contributed by atoms with Gasteiger partial charge in [-0.1, -0.05) is 36.4 Å². The molecule has 0 saturated heterocycles. The van der Waals surface area contributed by atoms with Gasteiger partial charge in [0.05, 0.1) is 13.0 Å². The van der Waals surface area contributed by atoms with Crippen LogP contribution in [-0.2, 0) is 20.8 Å². The molecule has 0 spiro atoms. The van der Waals surface area contributed by atoms with Gasteiger partial charge in [0.2, 0.25) is 17.7 Å². The molecule has 3 rings (SSSR count). The second-order valence-electron chi connectivity index (χ2n) is 7.50. The highest BCUT2D eigenvalue weighted by atomic mass is 16.2. The Kier molecular flexibility index (Phi) is 6.30. The summed E-state index contributed by atoms with van der Waals surface area (Å²) in [5.41, 5.74) is 3.83. The van der Waals surface area contributed by atoms with Crippen molar-refractivity contribution in [3.05, 3.63) is 64.7 Å². The monoisotopic (exact) mass is 407 g/mol. The number of carbonyl (C=O) groups excluding carboxylic acids is 4. The molecule has 2 aromatic carbocycles. The van der Waals surface area contributed by atoms with E-state index in [-0.39, 0.29) is 49.6 Å². The number of hydrogen-bond donors (Lipinski definition) is 1. The summed E-state index contributed by atoms with van der Waals surface area (Å²) in [6.07, 6.45) is 0.108. The lowest BCUT2D eigenvalue weighted by atomic mass is 9.98. The van der Waals surface area contributed by atoms with Crippen molar-refractivity contribution in [1.82, 2.24) is 9.80 Å². The molecule has 0 saturated carbocycles. The molecular formula is C23H25N3O4. The molecule has 1 aliphatic heterocycles. The van der Waals surface area contributed by atoms with E-state index in [1.807, 2.05) is 32.0 Å². The molecule has 7 nitrogen and oxygen atoms in total. The highest BCUT2D eigenvalue weighted by Gasteiger charge is 2.31. The fraction of sp³-hybridized carbons (Fsp3) is 0.304. The van der Waals surface area contributed by atoms with Crippen LogP contribution in [0.15, 0.2) is 42.5 Å². The third-order valence-corrected chi connectivity index (χ3v) is 5.24. The Morgan fingerprint density at radius 3 is 2.40 bits per heavy atom. The molecule has 0 bridgehead atoms. The van der Waals surface area contributed by atoms with E-state index in [1.165, 1.54) is 11.9 Å². The number of fused-ring (bicyclic) bond motifs is 1. The molecule has 2 aromatic rings. The number of imide groups is 1. The quantitative estimate of drug-likeness (QED) is 0.745. The first kappa shape index (κ1) is 21.2. The fourth-order valence-electron chi connectivity index (χ4n) is 3.52. The predicted molar refractivity (Wildman–Crippen MR) is 113 cm³/mol. The summed E-state index contributed by atoms with van der Waals surface area (Å²) in [7, 11) is 1.53. The van der Waals surface area contributed by atoms with E-state index in [4.69, 9.17) is 0 Å². The Labute approximate surface area is 175 Å². The largest absolute Gasteiger partial charge is 0.336 e. The highest BCUT2D eigenvalue weighted by Crippen LogP contribution is 2.20. The lowest BCUT2D eigenvalue weighted by Crippen LogP contribution is -2.44. The molecule has 0 fully saturated rings. The van der Waals surface area contributed by atoms with Gasteiger partial charge in [0, 0.05) is 31.3 Å². The zero-order valence-electron chi connectivity index (χ0n) is 17.4. The minimum absolute atomic E-state index is 0.00626. The Bertz CT molecular complexity index is 995. The van der Waals surface area contributed by atoms with Crippen LogP contribution in [0, 0.1) is 13.8 Å². The van der Waals surface area contributed by atoms with Crippen LogP contribution >= 0.6 is 0 Å². The molecule has 1 heterocycles. The van der Waals surface area contributed by atoms with Gasteiger partial charge in [-0.3, -0.25) is 24.1 Å². The van der Waals surface area contributed by atoms with Crippen LogP contribution in [0.3, 0.4) is 0 Å². The number of hydrogen-bond acceptors (Lipinski definition) is 4. The summed E-state index contributed by atoms with van der Waals surface area (Å²) in [6, 6.07) is 12.7. The number of nitrogens with zero attached hydrogens (tertiary/aromatic N) is 2. The van der Waals surface area contributed by atoms with Crippen LogP contribution in [0.1, 0.15) is 33.5 Å². The van der Waals surface area contributed by atoms with Crippen LogP contribution in [0.25, 0.3) is 0 Å². The fourth-order valence-corrected chi connectivity index (χ4v) is 3.52. The Hall–Kier alpha value is -3.48. The van der Waals surface area contributed by atoms with Crippen molar-refractivity contribution >= 4 is 29.3 Å². The van der Waals surface area contributed by atoms with Gasteiger partial charge in [0.25, 0.3) is 5.91 Å². The van der Waals surface area contributed by atoms with Crippen molar-refractivity contribution in [3.8, 4) is 0 Å². The summed E-state index contributed by atoms with van der Waals surface area (Å²) in [5, 5.41) is 2.84. The maximum absolute atomic E-state index is 12.6. The third kappa shape index (κ3) is 4.56. The number of rotatable bonds is 6. The number of para-hydroxylation sites is 1. The summed E-state index contributed by atoms with van der Waals surface area (Å²) in [5.74, 6) is -1.32. The zero-order chi connectivity index (χ0) is 21.8. The SMILES string of the molecule is Cc1cccc(C)c1NC(=O)CN(C)C(=O)CCN1C(=O)Cc2ccccc2C1=O. The average molecular weight is 407 g/mol. The van der Waals surface area contributed by atoms with Gasteiger partial charge >= 0.3 is 0 Å². The van der Waals surface area contributed by atoms with Crippen molar-refractivity contribution in [2.24, 2.45) is 0 Å². The van der Waals surface area contributed by atoms with Gasteiger partial charge < -0.3 is 10.2 Å². The Morgan fingerprint density at radius 2 is 1.70 bits per heavy atom. The topological polar surface area (TPSA) is 86.8 Å². The maximum Gasteiger partial charge on any atom is 0.260 e. The van der Waals surface area contributed by atoms with Crippen LogP contribution in [0.5, 0.6) is 0 Å². The van der Waals surface area contributed by atoms with Gasteiger partial charge in [-0.05, 0) is 36.6 Å². The van der Waals surface area contributed by atoms with Crippen molar-refractivity contribution in [2.75, 3.05) is 25.5 Å². The molecular weight excluding hydrogens is 382 g/mol. The average Bonchev–Trinajstić information content (AvgIpc) is 2.70. The molecule has 1 N–H and O–H groups in total. The van der Waals surface area contributed by atoms with Crippen molar-refractivity contribution in [2.45, 2.75) is 26.7 Å². The molecule has 7 heteroatoms. The maximum atomic E-state index is 12.6. The van der Waals surface area contributed by atoms with Gasteiger partial charge in [-0.25, -0.2) is 0 Å². The molecule has 30 heavy (non-hydrogen) atoms. The molecule has 0 atom stereocenters. The molecule has 0 aliphatic carbocycles. The van der Waals surface area contributed by atoms with Gasteiger partial charge in [-0.15, -0.1) is 0 Å². The molecule has 0 unspecified atom stereocenters. The normalized spacial score (nSPS) is 13.1. The van der Waals surface area contributed by atoms with Crippen LogP contribution in [0.2, 0.25) is 0 Å². The van der Waals surface area contributed by atoms with Crippen molar-refractivity contribution in [1.29, 1.82) is 0 Å². The van der Waals surface area contributed by atoms with Gasteiger partial charge in [0.15, 0.2) is 0 Å². The molecule has 0 radical (unpaired) electrons. The standard InChI is InChI=1S/C23H25N3O4/c1-15-7-6-8-16(2)22(15)24-19(27)14-25(3)20(28)11-12-26-21(29)13-17-9-4-5-10-18(17)23(26)30/h4-10H,11-14H2,1-3H3,(H,24,27). The third-order valence-electron chi connectivity index (χ3n) is 5.24. The molecule has 156 valence electrons. The number of amides is 4. The summed E-state index contributed by atoms with van der Waals surface area (Å²) in [6.45, 7) is 3.69. The molecule has 0 aromatic heterocycles. The Morgan fingerprint density at radius 1 is 1.03 bits per heavy atom. The summed E-state index contributed by atoms with van der Waals surface area (Å²) >= 11 is 0. The number of nitrogens with one attached hydrogen (secondary N) is 1. The van der Waals surface area contributed by atoms with E-state index in [0.717, 1.165) is 21.7 Å². The number of aryl methyl sites for hydroxylation is 2. The number of carbonyl (C=O) groups is 4. The zero-order valence-corrected chi connectivity index (χ0v) is 17.4. The lowest BCUT2D eigenvalue weighted by Gasteiger charge is -2.27. The number of likely N-dealkylation sites (N-methyl/N-ethyl adjacent to an activating group) is 1. The first-order valence-electron chi connectivity index (χ1n) is 9.80. The van der Waals surface area contributed by atoms with Crippen LogP contribution in [0.4, 0.5) is 5.69 Å². The van der Waals surface area contributed by atoms with E-state index >= 15 is 0 Å². The van der Waals surface area contributed by atoms with Crippen LogP contribution in [-0.4, -0.2) is 53.6 Å². The second-order valence-corrected chi connectivity index (χ2v) is 7.50. The number of anilines is 1. The van der Waals surface area contributed by atoms with Gasteiger partial charge in [-0.2, -0.15) is 0 Å². The highest BCUT2D eigenvalue weighted by molar-refractivity contribution is 6.09. The molecule has 1 aliphatic rings. The minimum atomic E-state index is -0.384. The summed E-state index contributed by atoms with van der Waals surface area (Å²) < 4.78 is 0. The van der Waals surface area contributed by atoms with E-state index in [9.17, 15) is 19.2 Å². The summed E-state index contributed by atoms with van der Waals surface area (Å²) in [4.78, 5) is 52.1. The predicted octanol–water partition coefficient (Wildman–Crippen LogP) is 2.32. The first-order valence-corrected chi connectivity index (χ1v) is 9.80. The lowest BCUT2D eigenvalue weighted by molar-refractivity contribution is -0.134. The van der Waals surface area contributed by atoms with Gasteiger partial charge in [0.1, 0.15) is 0 Å².